The van der Waals surface area contributed by atoms with Crippen LogP contribution in [0.5, 0.6) is 0 Å². The van der Waals surface area contributed by atoms with Crippen LogP contribution in [0.1, 0.15) is 45.4 Å². The minimum atomic E-state index is -3.42. The van der Waals surface area contributed by atoms with Crippen molar-refractivity contribution in [1.29, 1.82) is 0 Å². The van der Waals surface area contributed by atoms with Crippen LogP contribution in [-0.4, -0.2) is 24.3 Å². The van der Waals surface area contributed by atoms with Gasteiger partial charge in [0.1, 0.15) is 5.78 Å². The van der Waals surface area contributed by atoms with Gasteiger partial charge in [-0.25, -0.2) is 4.79 Å². The van der Waals surface area contributed by atoms with Gasteiger partial charge in [-0.05, 0) is 49.9 Å². The molecule has 4 aliphatic rings. The largest absolute Gasteiger partial charge is 0.461 e. The number of alkyl halides is 2. The van der Waals surface area contributed by atoms with Crippen molar-refractivity contribution in [3.63, 3.8) is 0 Å². The molecule has 4 fully saturated rings. The number of rotatable bonds is 4. The smallest absolute Gasteiger partial charge is 0.376 e. The highest BCUT2D eigenvalue weighted by Gasteiger charge is 2.54. The molecule has 0 amide bonds. The maximum absolute atomic E-state index is 12.7. The fourth-order valence-corrected chi connectivity index (χ4v) is 4.70. The van der Waals surface area contributed by atoms with E-state index in [2.05, 4.69) is 0 Å². The van der Waals surface area contributed by atoms with Crippen molar-refractivity contribution >= 4 is 11.8 Å². The van der Waals surface area contributed by atoms with E-state index >= 15 is 0 Å². The molecular formula is C15H20F2O3. The van der Waals surface area contributed by atoms with Crippen LogP contribution in [0.3, 0.4) is 0 Å². The molecule has 0 aromatic carbocycles. The first-order valence-corrected chi connectivity index (χ1v) is 7.38. The molecule has 0 spiro atoms. The minimum Gasteiger partial charge on any atom is -0.461 e. The summed E-state index contributed by atoms with van der Waals surface area (Å²) in [6, 6.07) is 0. The highest BCUT2D eigenvalue weighted by atomic mass is 19.3. The highest BCUT2D eigenvalue weighted by Crippen LogP contribution is 2.59. The van der Waals surface area contributed by atoms with E-state index in [4.69, 9.17) is 4.74 Å². The summed E-state index contributed by atoms with van der Waals surface area (Å²) in [7, 11) is 0. The molecule has 0 N–H and O–H groups in total. The van der Waals surface area contributed by atoms with Gasteiger partial charge in [0.25, 0.3) is 0 Å². The molecule has 0 aromatic heterocycles. The molecule has 4 bridgehead atoms. The van der Waals surface area contributed by atoms with Crippen LogP contribution in [0.4, 0.5) is 8.78 Å². The van der Waals surface area contributed by atoms with Crippen molar-refractivity contribution in [1.82, 2.24) is 0 Å². The number of esters is 1. The van der Waals surface area contributed by atoms with Gasteiger partial charge in [0.05, 0.1) is 6.61 Å². The first kappa shape index (κ1) is 14.0. The van der Waals surface area contributed by atoms with Gasteiger partial charge in [-0.1, -0.05) is 0 Å². The first-order chi connectivity index (χ1) is 9.29. The zero-order valence-electron chi connectivity index (χ0n) is 11.7. The van der Waals surface area contributed by atoms with Crippen molar-refractivity contribution in [2.24, 2.45) is 23.2 Å². The van der Waals surface area contributed by atoms with Crippen molar-refractivity contribution < 1.29 is 23.1 Å². The van der Waals surface area contributed by atoms with E-state index in [1.54, 1.807) is 0 Å². The third-order valence-corrected chi connectivity index (χ3v) is 5.34. The fourth-order valence-electron chi connectivity index (χ4n) is 4.70. The summed E-state index contributed by atoms with van der Waals surface area (Å²) < 4.78 is 30.2. The van der Waals surface area contributed by atoms with E-state index in [1.165, 1.54) is 0 Å². The lowest BCUT2D eigenvalue weighted by Gasteiger charge is -2.55. The standard InChI is InChI=1S/C15H20F2O3/c1-14(16,17)13(19)20-3-2-15-6-9-4-10(7-15)12(18)11(5-9)8-15/h9-11H,2-8H2,1H3. The molecule has 4 saturated carbocycles. The summed E-state index contributed by atoms with van der Waals surface area (Å²) in [5.74, 6) is -3.51. The molecule has 0 aromatic rings. The Balaban J connectivity index is 1.58. The molecule has 2 unspecified atom stereocenters. The minimum absolute atomic E-state index is 0.0443. The summed E-state index contributed by atoms with van der Waals surface area (Å²) >= 11 is 0. The van der Waals surface area contributed by atoms with Crippen LogP contribution in [0.2, 0.25) is 0 Å². The Morgan fingerprint density at radius 2 is 1.90 bits per heavy atom. The number of Topliss-reactive ketones (excluding diaryl/α,β-unsaturated/α-hetero) is 1. The molecule has 4 aliphatic carbocycles. The maximum Gasteiger partial charge on any atom is 0.376 e. The summed E-state index contributed by atoms with van der Waals surface area (Å²) in [5.41, 5.74) is 0.0493. The molecular weight excluding hydrogens is 266 g/mol. The number of hydrogen-bond acceptors (Lipinski definition) is 3. The molecule has 20 heavy (non-hydrogen) atoms. The van der Waals surface area contributed by atoms with Gasteiger partial charge in [-0.15, -0.1) is 0 Å². The Labute approximate surface area is 117 Å². The van der Waals surface area contributed by atoms with E-state index in [9.17, 15) is 18.4 Å². The topological polar surface area (TPSA) is 43.4 Å². The van der Waals surface area contributed by atoms with Crippen molar-refractivity contribution in [2.45, 2.75) is 51.4 Å². The van der Waals surface area contributed by atoms with Crippen LogP contribution in [0.25, 0.3) is 0 Å². The number of ketones is 1. The van der Waals surface area contributed by atoms with Crippen molar-refractivity contribution in [2.75, 3.05) is 6.61 Å². The van der Waals surface area contributed by atoms with E-state index in [0.717, 1.165) is 32.1 Å². The molecule has 0 heterocycles. The highest BCUT2D eigenvalue weighted by molar-refractivity contribution is 5.85. The maximum atomic E-state index is 12.7. The SMILES string of the molecule is CC(F)(F)C(=O)OCCC12CC3CC(C1)C(=O)C(C3)C2. The normalized spacial score (nSPS) is 39.1. The second kappa shape index (κ2) is 4.50. The molecule has 2 atom stereocenters. The second-order valence-corrected chi connectivity index (χ2v) is 7.02. The third-order valence-electron chi connectivity index (χ3n) is 5.34. The molecule has 0 saturated heterocycles. The van der Waals surface area contributed by atoms with Gasteiger partial charge < -0.3 is 4.74 Å². The van der Waals surface area contributed by atoms with Crippen molar-refractivity contribution in [3.05, 3.63) is 0 Å². The van der Waals surface area contributed by atoms with Gasteiger partial charge in [0.15, 0.2) is 0 Å². The summed E-state index contributed by atoms with van der Waals surface area (Å²) in [5, 5.41) is 0. The van der Waals surface area contributed by atoms with E-state index in [1.807, 2.05) is 0 Å². The Kier molecular flexibility index (Phi) is 3.14. The summed E-state index contributed by atoms with van der Waals surface area (Å²) in [4.78, 5) is 23.1. The summed E-state index contributed by atoms with van der Waals surface area (Å²) in [6.07, 6.45) is 5.41. The Bertz CT molecular complexity index is 423. The molecule has 0 aliphatic heterocycles. The van der Waals surface area contributed by atoms with Crippen LogP contribution >= 0.6 is 0 Å². The molecule has 112 valence electrons. The third kappa shape index (κ3) is 2.35. The van der Waals surface area contributed by atoms with Crippen LogP contribution in [-0.2, 0) is 14.3 Å². The Hall–Kier alpha value is -1.00. The number of ether oxygens (including phenoxy) is 1. The Morgan fingerprint density at radius 1 is 1.30 bits per heavy atom. The quantitative estimate of drug-likeness (QED) is 0.746. The molecule has 4 rings (SSSR count). The zero-order chi connectivity index (χ0) is 14.5. The number of carbonyl (C=O) groups excluding carboxylic acids is 2. The monoisotopic (exact) mass is 286 g/mol. The lowest BCUT2D eigenvalue weighted by Crippen LogP contribution is -2.51. The predicted molar refractivity (Wildman–Crippen MR) is 67.2 cm³/mol. The fraction of sp³-hybridized carbons (Fsp3) is 0.867. The summed E-state index contributed by atoms with van der Waals surface area (Å²) in [6.45, 7) is 0.599. The van der Waals surface area contributed by atoms with E-state index in [-0.39, 0.29) is 23.9 Å². The van der Waals surface area contributed by atoms with Crippen LogP contribution in [0, 0.1) is 23.2 Å². The molecule has 3 nitrogen and oxygen atoms in total. The second-order valence-electron chi connectivity index (χ2n) is 7.02. The first-order valence-electron chi connectivity index (χ1n) is 7.38. The van der Waals surface area contributed by atoms with E-state index < -0.39 is 11.9 Å². The van der Waals surface area contributed by atoms with Gasteiger partial charge >= 0.3 is 11.9 Å². The lowest BCUT2D eigenvalue weighted by molar-refractivity contribution is -0.172. The number of carbonyl (C=O) groups is 2. The predicted octanol–water partition coefficient (Wildman–Crippen LogP) is 2.97. The Morgan fingerprint density at radius 3 is 2.45 bits per heavy atom. The van der Waals surface area contributed by atoms with Gasteiger partial charge in [-0.3, -0.25) is 4.79 Å². The average molecular weight is 286 g/mol. The van der Waals surface area contributed by atoms with Gasteiger partial charge in [0.2, 0.25) is 0 Å². The van der Waals surface area contributed by atoms with Crippen LogP contribution in [0.15, 0.2) is 0 Å². The van der Waals surface area contributed by atoms with E-state index in [0.29, 0.717) is 25.0 Å². The van der Waals surface area contributed by atoms with Gasteiger partial charge in [-0.2, -0.15) is 8.78 Å². The zero-order valence-corrected chi connectivity index (χ0v) is 11.7. The molecule has 5 heteroatoms. The average Bonchev–Trinajstić information content (AvgIpc) is 2.33. The number of hydrogen-bond donors (Lipinski definition) is 0. The molecule has 0 radical (unpaired) electrons. The van der Waals surface area contributed by atoms with Gasteiger partial charge in [0, 0.05) is 18.8 Å². The van der Waals surface area contributed by atoms with Crippen LogP contribution < -0.4 is 0 Å². The van der Waals surface area contributed by atoms with Crippen molar-refractivity contribution in [3.8, 4) is 0 Å². The lowest BCUT2D eigenvalue weighted by atomic mass is 9.48. The number of halogens is 2.